The van der Waals surface area contributed by atoms with Crippen molar-refractivity contribution in [2.75, 3.05) is 5.32 Å². The molecule has 21 heavy (non-hydrogen) atoms. The second kappa shape index (κ2) is 7.65. The molecule has 0 bridgehead atoms. The fourth-order valence-corrected chi connectivity index (χ4v) is 2.72. The largest absolute Gasteiger partial charge is 0.382 e. The van der Waals surface area contributed by atoms with Crippen molar-refractivity contribution in [2.45, 2.75) is 45.6 Å². The van der Waals surface area contributed by atoms with Gasteiger partial charge in [-0.25, -0.2) is 0 Å². The van der Waals surface area contributed by atoms with E-state index < -0.39 is 0 Å². The van der Waals surface area contributed by atoms with Crippen molar-refractivity contribution in [3.8, 4) is 0 Å². The van der Waals surface area contributed by atoms with E-state index >= 15 is 0 Å². The second-order valence-electron chi connectivity index (χ2n) is 5.81. The molecule has 0 spiro atoms. The molecule has 2 atom stereocenters. The Hall–Kier alpha value is -1.28. The van der Waals surface area contributed by atoms with Gasteiger partial charge >= 0.3 is 0 Å². The van der Waals surface area contributed by atoms with Crippen LogP contribution in [0.4, 0.5) is 5.69 Å². The number of nitrogens with one attached hydrogen (secondary N) is 1. The van der Waals surface area contributed by atoms with Crippen LogP contribution >= 0.6 is 15.9 Å². The van der Waals surface area contributed by atoms with Crippen LogP contribution in [0.3, 0.4) is 0 Å². The van der Waals surface area contributed by atoms with E-state index in [-0.39, 0.29) is 0 Å². The highest BCUT2D eigenvalue weighted by Gasteiger charge is 2.05. The maximum Gasteiger partial charge on any atom is 0.0342 e. The van der Waals surface area contributed by atoms with Crippen LogP contribution in [0.15, 0.2) is 53.0 Å². The van der Waals surface area contributed by atoms with Crippen LogP contribution in [0, 0.1) is 0 Å². The van der Waals surface area contributed by atoms with E-state index in [0.717, 1.165) is 10.9 Å². The van der Waals surface area contributed by atoms with E-state index in [2.05, 4.69) is 90.5 Å². The number of hydrogen-bond donors (Lipinski definition) is 1. The molecule has 2 aromatic carbocycles. The van der Waals surface area contributed by atoms with Gasteiger partial charge in [-0.1, -0.05) is 54.0 Å². The highest BCUT2D eigenvalue weighted by Crippen LogP contribution is 2.21. The Kier molecular flexibility index (Phi) is 5.86. The summed E-state index contributed by atoms with van der Waals surface area (Å²) in [6, 6.07) is 17.8. The van der Waals surface area contributed by atoms with Gasteiger partial charge in [0.25, 0.3) is 0 Å². The lowest BCUT2D eigenvalue weighted by Crippen LogP contribution is -2.18. The topological polar surface area (TPSA) is 12.0 Å². The van der Waals surface area contributed by atoms with Crippen molar-refractivity contribution in [3.63, 3.8) is 0 Å². The zero-order chi connectivity index (χ0) is 15.2. The first-order valence-corrected chi connectivity index (χ1v) is 8.48. The van der Waals surface area contributed by atoms with Gasteiger partial charge in [-0.15, -0.1) is 0 Å². The molecule has 0 heterocycles. The summed E-state index contributed by atoms with van der Waals surface area (Å²) in [4.78, 5) is 0. The predicted molar refractivity (Wildman–Crippen MR) is 96.1 cm³/mol. The zero-order valence-corrected chi connectivity index (χ0v) is 14.7. The lowest BCUT2D eigenvalue weighted by molar-refractivity contribution is 0.733. The summed E-state index contributed by atoms with van der Waals surface area (Å²) in [5, 5.41) is 3.58. The SMILES string of the molecule is CCC(C)c1ccc(NC(C)Cc2ccc(Br)cc2)cc1. The summed E-state index contributed by atoms with van der Waals surface area (Å²) in [7, 11) is 0. The van der Waals surface area contributed by atoms with E-state index in [1.165, 1.54) is 23.2 Å². The summed E-state index contributed by atoms with van der Waals surface area (Å²) in [6.07, 6.45) is 2.22. The average molecular weight is 346 g/mol. The lowest BCUT2D eigenvalue weighted by atomic mass is 9.98. The van der Waals surface area contributed by atoms with Gasteiger partial charge in [0, 0.05) is 16.2 Å². The van der Waals surface area contributed by atoms with Gasteiger partial charge in [0.05, 0.1) is 0 Å². The van der Waals surface area contributed by atoms with Gasteiger partial charge in [-0.2, -0.15) is 0 Å². The number of hydrogen-bond acceptors (Lipinski definition) is 1. The van der Waals surface area contributed by atoms with Gasteiger partial charge in [-0.05, 0) is 61.1 Å². The first-order valence-electron chi connectivity index (χ1n) is 7.69. The highest BCUT2D eigenvalue weighted by molar-refractivity contribution is 9.10. The number of anilines is 1. The molecule has 0 saturated carbocycles. The van der Waals surface area contributed by atoms with Crippen molar-refractivity contribution < 1.29 is 0 Å². The summed E-state index contributed by atoms with van der Waals surface area (Å²) < 4.78 is 1.13. The fourth-order valence-electron chi connectivity index (χ4n) is 2.45. The van der Waals surface area contributed by atoms with Crippen LogP contribution in [0.2, 0.25) is 0 Å². The molecule has 2 unspecified atom stereocenters. The molecular formula is C19H24BrN. The molecule has 0 fully saturated rings. The van der Waals surface area contributed by atoms with E-state index in [4.69, 9.17) is 0 Å². The average Bonchev–Trinajstić information content (AvgIpc) is 2.49. The smallest absolute Gasteiger partial charge is 0.0342 e. The summed E-state index contributed by atoms with van der Waals surface area (Å²) in [5.41, 5.74) is 3.98. The Morgan fingerprint density at radius 3 is 2.14 bits per heavy atom. The minimum Gasteiger partial charge on any atom is -0.382 e. The molecule has 1 nitrogen and oxygen atoms in total. The van der Waals surface area contributed by atoms with Crippen molar-refractivity contribution in [2.24, 2.45) is 0 Å². The maximum atomic E-state index is 3.58. The number of benzene rings is 2. The van der Waals surface area contributed by atoms with Crippen LogP contribution < -0.4 is 5.32 Å². The number of rotatable bonds is 6. The first-order chi connectivity index (χ1) is 10.1. The first kappa shape index (κ1) is 16.1. The minimum atomic E-state index is 0.417. The molecular weight excluding hydrogens is 322 g/mol. The summed E-state index contributed by atoms with van der Waals surface area (Å²) in [5.74, 6) is 0.638. The molecule has 112 valence electrons. The third-order valence-corrected chi connectivity index (χ3v) is 4.49. The third-order valence-electron chi connectivity index (χ3n) is 3.96. The van der Waals surface area contributed by atoms with Crippen LogP contribution in [-0.4, -0.2) is 6.04 Å². The quantitative estimate of drug-likeness (QED) is 0.676. The van der Waals surface area contributed by atoms with Gasteiger partial charge in [0.15, 0.2) is 0 Å². The van der Waals surface area contributed by atoms with Crippen molar-refractivity contribution in [1.29, 1.82) is 0 Å². The summed E-state index contributed by atoms with van der Waals surface area (Å²) in [6.45, 7) is 6.74. The van der Waals surface area contributed by atoms with Gasteiger partial charge in [-0.3, -0.25) is 0 Å². The van der Waals surface area contributed by atoms with Crippen molar-refractivity contribution >= 4 is 21.6 Å². The molecule has 0 amide bonds. The molecule has 2 rings (SSSR count). The Morgan fingerprint density at radius 1 is 0.952 bits per heavy atom. The van der Waals surface area contributed by atoms with E-state index in [9.17, 15) is 0 Å². The molecule has 0 aliphatic rings. The van der Waals surface area contributed by atoms with E-state index in [1.807, 2.05) is 0 Å². The molecule has 2 heteroatoms. The Morgan fingerprint density at radius 2 is 1.57 bits per heavy atom. The molecule has 0 aliphatic heterocycles. The molecule has 2 aromatic rings. The number of halogens is 1. The van der Waals surface area contributed by atoms with Gasteiger partial charge in [0.1, 0.15) is 0 Å². The molecule has 1 N–H and O–H groups in total. The minimum absolute atomic E-state index is 0.417. The van der Waals surface area contributed by atoms with E-state index in [1.54, 1.807) is 0 Å². The fraction of sp³-hybridized carbons (Fsp3) is 0.368. The second-order valence-corrected chi connectivity index (χ2v) is 6.72. The van der Waals surface area contributed by atoms with Crippen LogP contribution in [0.5, 0.6) is 0 Å². The Bertz CT molecular complexity index is 545. The molecule has 0 aromatic heterocycles. The van der Waals surface area contributed by atoms with Crippen LogP contribution in [0.25, 0.3) is 0 Å². The molecule has 0 radical (unpaired) electrons. The zero-order valence-electron chi connectivity index (χ0n) is 13.1. The van der Waals surface area contributed by atoms with Gasteiger partial charge in [0.2, 0.25) is 0 Å². The Labute approximate surface area is 136 Å². The molecule has 0 aliphatic carbocycles. The maximum absolute atomic E-state index is 3.58. The third kappa shape index (κ3) is 4.89. The van der Waals surface area contributed by atoms with E-state index in [0.29, 0.717) is 12.0 Å². The van der Waals surface area contributed by atoms with Crippen LogP contribution in [0.1, 0.15) is 44.2 Å². The summed E-state index contributed by atoms with van der Waals surface area (Å²) >= 11 is 3.47. The van der Waals surface area contributed by atoms with Crippen LogP contribution in [-0.2, 0) is 6.42 Å². The standard InChI is InChI=1S/C19H24BrN/c1-4-14(2)17-7-11-19(12-8-17)21-15(3)13-16-5-9-18(20)10-6-16/h5-12,14-15,21H,4,13H2,1-3H3. The van der Waals surface area contributed by atoms with Crippen molar-refractivity contribution in [1.82, 2.24) is 0 Å². The normalized spacial score (nSPS) is 13.7. The van der Waals surface area contributed by atoms with Crippen molar-refractivity contribution in [3.05, 3.63) is 64.1 Å². The monoisotopic (exact) mass is 345 g/mol. The Balaban J connectivity index is 1.93. The van der Waals surface area contributed by atoms with Gasteiger partial charge < -0.3 is 5.32 Å². The molecule has 0 saturated heterocycles. The lowest BCUT2D eigenvalue weighted by Gasteiger charge is -2.16. The predicted octanol–water partition coefficient (Wildman–Crippen LogP) is 6.01. The highest BCUT2D eigenvalue weighted by atomic mass is 79.9.